The molecule has 0 aliphatic carbocycles. The highest BCUT2D eigenvalue weighted by atomic mass is 32.2. The summed E-state index contributed by atoms with van der Waals surface area (Å²) in [6.07, 6.45) is 5.06. The van der Waals surface area contributed by atoms with Crippen molar-refractivity contribution in [3.63, 3.8) is 0 Å². The van der Waals surface area contributed by atoms with Crippen LogP contribution in [0, 0.1) is 0 Å². The molecule has 0 radical (unpaired) electrons. The maximum Gasteiger partial charge on any atom is 0.148 e. The molecule has 1 aliphatic heterocycles. The fourth-order valence-electron chi connectivity index (χ4n) is 1.48. The molecule has 0 amide bonds. The molecule has 0 saturated carbocycles. The van der Waals surface area contributed by atoms with Gasteiger partial charge in [0.1, 0.15) is 9.84 Å². The van der Waals surface area contributed by atoms with Crippen molar-refractivity contribution in [2.45, 2.75) is 19.3 Å². The third kappa shape index (κ3) is 4.07. The number of rotatable bonds is 3. The van der Waals surface area contributed by atoms with E-state index in [2.05, 4.69) is 4.90 Å². The summed E-state index contributed by atoms with van der Waals surface area (Å²) in [4.78, 5) is 2.24. The van der Waals surface area contributed by atoms with Gasteiger partial charge >= 0.3 is 0 Å². The SMILES string of the molecule is CS(=O)(=O)CCN1CCCCC1. The summed E-state index contributed by atoms with van der Waals surface area (Å²) in [7, 11) is -2.77. The van der Waals surface area contributed by atoms with Gasteiger partial charge in [0.05, 0.1) is 5.75 Å². The summed E-state index contributed by atoms with van der Waals surface area (Å²) >= 11 is 0. The first-order valence-corrected chi connectivity index (χ1v) is 6.54. The van der Waals surface area contributed by atoms with E-state index in [4.69, 9.17) is 0 Å². The zero-order valence-corrected chi connectivity index (χ0v) is 8.44. The summed E-state index contributed by atoms with van der Waals surface area (Å²) in [5, 5.41) is 0. The normalized spacial score (nSPS) is 21.1. The van der Waals surface area contributed by atoms with Gasteiger partial charge in [0.25, 0.3) is 0 Å². The highest BCUT2D eigenvalue weighted by Gasteiger charge is 2.11. The molecule has 4 heteroatoms. The van der Waals surface area contributed by atoms with Crippen LogP contribution in [0.2, 0.25) is 0 Å². The van der Waals surface area contributed by atoms with E-state index >= 15 is 0 Å². The number of hydrogen-bond donors (Lipinski definition) is 0. The van der Waals surface area contributed by atoms with Gasteiger partial charge in [0.2, 0.25) is 0 Å². The molecule has 12 heavy (non-hydrogen) atoms. The number of nitrogens with zero attached hydrogens (tertiary/aromatic N) is 1. The standard InChI is InChI=1S/C8H17NO2S/c1-12(10,11)8-7-9-5-3-2-4-6-9/h2-8H2,1H3. The van der Waals surface area contributed by atoms with Crippen molar-refractivity contribution in [1.29, 1.82) is 0 Å². The van der Waals surface area contributed by atoms with Crippen molar-refractivity contribution in [1.82, 2.24) is 4.90 Å². The van der Waals surface area contributed by atoms with Crippen molar-refractivity contribution in [3.8, 4) is 0 Å². The van der Waals surface area contributed by atoms with E-state index in [0.717, 1.165) is 19.6 Å². The lowest BCUT2D eigenvalue weighted by Crippen LogP contribution is -2.33. The van der Waals surface area contributed by atoms with Gasteiger partial charge in [0.15, 0.2) is 0 Å². The largest absolute Gasteiger partial charge is 0.302 e. The van der Waals surface area contributed by atoms with E-state index in [1.54, 1.807) is 0 Å². The fraction of sp³-hybridized carbons (Fsp3) is 1.00. The second-order valence-corrected chi connectivity index (χ2v) is 5.79. The van der Waals surface area contributed by atoms with Crippen LogP contribution in [-0.2, 0) is 9.84 Å². The first-order valence-electron chi connectivity index (χ1n) is 4.48. The van der Waals surface area contributed by atoms with E-state index in [1.165, 1.54) is 25.5 Å². The summed E-state index contributed by atoms with van der Waals surface area (Å²) in [6, 6.07) is 0. The van der Waals surface area contributed by atoms with Crippen LogP contribution in [-0.4, -0.2) is 45.0 Å². The first kappa shape index (κ1) is 9.99. The van der Waals surface area contributed by atoms with E-state index < -0.39 is 9.84 Å². The summed E-state index contributed by atoms with van der Waals surface area (Å²) in [5.41, 5.74) is 0. The second kappa shape index (κ2) is 4.23. The van der Waals surface area contributed by atoms with Crippen LogP contribution >= 0.6 is 0 Å². The van der Waals surface area contributed by atoms with E-state index in [-0.39, 0.29) is 0 Å². The Kier molecular flexibility index (Phi) is 3.53. The topological polar surface area (TPSA) is 37.4 Å². The van der Waals surface area contributed by atoms with Crippen LogP contribution in [0.4, 0.5) is 0 Å². The molecular formula is C8H17NO2S. The predicted molar refractivity (Wildman–Crippen MR) is 50.0 cm³/mol. The minimum absolute atomic E-state index is 0.312. The Bertz CT molecular complexity index is 217. The molecule has 3 nitrogen and oxygen atoms in total. The molecule has 1 fully saturated rings. The van der Waals surface area contributed by atoms with Gasteiger partial charge in [-0.1, -0.05) is 6.42 Å². The minimum Gasteiger partial charge on any atom is -0.302 e. The van der Waals surface area contributed by atoms with Gasteiger partial charge in [-0.3, -0.25) is 0 Å². The second-order valence-electron chi connectivity index (χ2n) is 3.53. The zero-order chi connectivity index (χ0) is 9.03. The molecule has 0 unspecified atom stereocenters. The third-order valence-electron chi connectivity index (χ3n) is 2.23. The smallest absolute Gasteiger partial charge is 0.148 e. The molecule has 1 heterocycles. The monoisotopic (exact) mass is 191 g/mol. The maximum atomic E-state index is 10.8. The highest BCUT2D eigenvalue weighted by Crippen LogP contribution is 2.07. The predicted octanol–water partition coefficient (Wildman–Crippen LogP) is 0.517. The molecule has 0 spiro atoms. The van der Waals surface area contributed by atoms with Crippen molar-refractivity contribution in [3.05, 3.63) is 0 Å². The number of sulfone groups is 1. The van der Waals surface area contributed by atoms with E-state index in [0.29, 0.717) is 5.75 Å². The lowest BCUT2D eigenvalue weighted by Gasteiger charge is -2.25. The van der Waals surface area contributed by atoms with E-state index in [9.17, 15) is 8.42 Å². The molecule has 1 saturated heterocycles. The van der Waals surface area contributed by atoms with Gasteiger partial charge in [-0.2, -0.15) is 0 Å². The number of likely N-dealkylation sites (tertiary alicyclic amines) is 1. The lowest BCUT2D eigenvalue weighted by atomic mass is 10.1. The molecule has 1 rings (SSSR count). The Morgan fingerprint density at radius 1 is 1.17 bits per heavy atom. The molecule has 1 aliphatic rings. The number of hydrogen-bond acceptors (Lipinski definition) is 3. The van der Waals surface area contributed by atoms with E-state index in [1.807, 2.05) is 0 Å². The van der Waals surface area contributed by atoms with Crippen LogP contribution in [0.1, 0.15) is 19.3 Å². The summed E-state index contributed by atoms with van der Waals surface area (Å²) < 4.78 is 21.7. The van der Waals surface area contributed by atoms with Gasteiger partial charge in [-0.25, -0.2) is 8.42 Å². The Morgan fingerprint density at radius 3 is 2.25 bits per heavy atom. The highest BCUT2D eigenvalue weighted by molar-refractivity contribution is 7.90. The van der Waals surface area contributed by atoms with Crippen LogP contribution < -0.4 is 0 Å². The molecule has 72 valence electrons. The average molecular weight is 191 g/mol. The molecule has 0 aromatic rings. The summed E-state index contributed by atoms with van der Waals surface area (Å²) in [6.45, 7) is 2.88. The van der Waals surface area contributed by atoms with Crippen molar-refractivity contribution >= 4 is 9.84 Å². The number of piperidine rings is 1. The van der Waals surface area contributed by atoms with Gasteiger partial charge < -0.3 is 4.90 Å². The molecule has 0 atom stereocenters. The van der Waals surface area contributed by atoms with Crippen LogP contribution in [0.25, 0.3) is 0 Å². The third-order valence-corrected chi connectivity index (χ3v) is 3.15. The van der Waals surface area contributed by atoms with Crippen LogP contribution in [0.15, 0.2) is 0 Å². The Hall–Kier alpha value is -0.0900. The Morgan fingerprint density at radius 2 is 1.75 bits per heavy atom. The molecule has 0 aromatic carbocycles. The lowest BCUT2D eigenvalue weighted by molar-refractivity contribution is 0.241. The van der Waals surface area contributed by atoms with Gasteiger partial charge in [-0.15, -0.1) is 0 Å². The van der Waals surface area contributed by atoms with Crippen molar-refractivity contribution < 1.29 is 8.42 Å². The van der Waals surface area contributed by atoms with Crippen LogP contribution in [0.5, 0.6) is 0 Å². The molecule has 0 bridgehead atoms. The van der Waals surface area contributed by atoms with Gasteiger partial charge in [0, 0.05) is 12.8 Å². The van der Waals surface area contributed by atoms with Gasteiger partial charge in [-0.05, 0) is 25.9 Å². The minimum atomic E-state index is -2.77. The maximum absolute atomic E-state index is 10.8. The molecule has 0 aromatic heterocycles. The molecule has 0 N–H and O–H groups in total. The fourth-order valence-corrected chi connectivity index (χ4v) is 2.07. The quantitative estimate of drug-likeness (QED) is 0.652. The van der Waals surface area contributed by atoms with Crippen molar-refractivity contribution in [2.24, 2.45) is 0 Å². The summed E-state index contributed by atoms with van der Waals surface area (Å²) in [5.74, 6) is 0.312. The Balaban J connectivity index is 2.22. The zero-order valence-electron chi connectivity index (χ0n) is 7.62. The molecular weight excluding hydrogens is 174 g/mol. The van der Waals surface area contributed by atoms with Crippen molar-refractivity contribution in [2.75, 3.05) is 31.6 Å². The average Bonchev–Trinajstić information content (AvgIpc) is 2.02. The van der Waals surface area contributed by atoms with Crippen LogP contribution in [0.3, 0.4) is 0 Å². The first-order chi connectivity index (χ1) is 5.58. The Labute approximate surface area is 74.7 Å².